The Morgan fingerprint density at radius 3 is 2.95 bits per heavy atom. The molecule has 1 aromatic heterocycles. The zero-order valence-corrected chi connectivity index (χ0v) is 11.0. The molecule has 0 saturated carbocycles. The van der Waals surface area contributed by atoms with E-state index in [9.17, 15) is 25.1 Å². The first-order valence-electron chi connectivity index (χ1n) is 5.84. The van der Waals surface area contributed by atoms with E-state index in [1.54, 1.807) is 0 Å². The summed E-state index contributed by atoms with van der Waals surface area (Å²) < 4.78 is 0. The molecular formula is C11H12ClN3O5. The maximum Gasteiger partial charge on any atom is 0.288 e. The van der Waals surface area contributed by atoms with Crippen molar-refractivity contribution in [1.82, 2.24) is 9.88 Å². The smallest absolute Gasteiger partial charge is 0.288 e. The van der Waals surface area contributed by atoms with E-state index in [0.717, 1.165) is 12.3 Å². The second-order valence-corrected chi connectivity index (χ2v) is 4.83. The van der Waals surface area contributed by atoms with E-state index in [2.05, 4.69) is 4.98 Å². The summed E-state index contributed by atoms with van der Waals surface area (Å²) in [5.74, 6) is -0.596. The largest absolute Gasteiger partial charge is 0.394 e. The standard InChI is InChI=1S/C11H12ClN3O5/c12-10-9(2-6(3-13-10)15(19)20)11(18)14-4-8(17)1-7(14)5-16/h2-3,7-8,16-17H,1,4-5H2/t7-,8-/m1/s1. The van der Waals surface area contributed by atoms with Crippen molar-refractivity contribution in [2.45, 2.75) is 18.6 Å². The molecule has 8 nitrogen and oxygen atoms in total. The Balaban J connectivity index is 2.33. The molecule has 0 unspecified atom stereocenters. The number of aliphatic hydroxyl groups excluding tert-OH is 2. The molecule has 9 heteroatoms. The van der Waals surface area contributed by atoms with Crippen LogP contribution in [0.3, 0.4) is 0 Å². The van der Waals surface area contributed by atoms with Gasteiger partial charge in [-0.25, -0.2) is 4.98 Å². The fourth-order valence-electron chi connectivity index (χ4n) is 2.16. The van der Waals surface area contributed by atoms with Crippen molar-refractivity contribution in [2.24, 2.45) is 0 Å². The summed E-state index contributed by atoms with van der Waals surface area (Å²) >= 11 is 5.80. The third kappa shape index (κ3) is 2.72. The van der Waals surface area contributed by atoms with Gasteiger partial charge in [-0.15, -0.1) is 0 Å². The summed E-state index contributed by atoms with van der Waals surface area (Å²) in [5.41, 5.74) is -0.466. The molecule has 1 fully saturated rings. The molecule has 1 saturated heterocycles. The fraction of sp³-hybridized carbons (Fsp3) is 0.455. The molecule has 2 atom stereocenters. The highest BCUT2D eigenvalue weighted by molar-refractivity contribution is 6.32. The molecule has 2 N–H and O–H groups in total. The van der Waals surface area contributed by atoms with Crippen LogP contribution in [0, 0.1) is 10.1 Å². The molecule has 1 aromatic rings. The highest BCUT2D eigenvalue weighted by Gasteiger charge is 2.35. The van der Waals surface area contributed by atoms with E-state index in [1.165, 1.54) is 4.90 Å². The minimum absolute atomic E-state index is 0.0447. The molecule has 0 spiro atoms. The quantitative estimate of drug-likeness (QED) is 0.468. The number of hydrogen-bond donors (Lipinski definition) is 2. The van der Waals surface area contributed by atoms with Crippen molar-refractivity contribution >= 4 is 23.2 Å². The molecule has 0 aromatic carbocycles. The van der Waals surface area contributed by atoms with Gasteiger partial charge in [0.1, 0.15) is 11.3 Å². The van der Waals surface area contributed by atoms with E-state index in [4.69, 9.17) is 11.6 Å². The van der Waals surface area contributed by atoms with Gasteiger partial charge in [-0.2, -0.15) is 0 Å². The van der Waals surface area contributed by atoms with Crippen molar-refractivity contribution in [3.05, 3.63) is 33.1 Å². The lowest BCUT2D eigenvalue weighted by atomic mass is 10.2. The Morgan fingerprint density at radius 1 is 1.65 bits per heavy atom. The maximum atomic E-state index is 12.3. The number of halogens is 1. The number of likely N-dealkylation sites (tertiary alicyclic amines) is 1. The van der Waals surface area contributed by atoms with Gasteiger partial charge in [0.25, 0.3) is 11.6 Å². The summed E-state index contributed by atoms with van der Waals surface area (Å²) in [6.07, 6.45) is 0.477. The Labute approximate surface area is 118 Å². The zero-order chi connectivity index (χ0) is 14.9. The summed E-state index contributed by atoms with van der Waals surface area (Å²) in [5, 5.41) is 29.3. The van der Waals surface area contributed by atoms with Gasteiger partial charge in [0.15, 0.2) is 0 Å². The number of hydrogen-bond acceptors (Lipinski definition) is 6. The predicted molar refractivity (Wildman–Crippen MR) is 68.4 cm³/mol. The summed E-state index contributed by atoms with van der Waals surface area (Å²) in [4.78, 5) is 27.2. The van der Waals surface area contributed by atoms with Crippen LogP contribution in [-0.2, 0) is 0 Å². The third-order valence-corrected chi connectivity index (χ3v) is 3.43. The van der Waals surface area contributed by atoms with Gasteiger partial charge in [-0.05, 0) is 6.42 Å². The number of amides is 1. The number of nitrogens with zero attached hydrogens (tertiary/aromatic N) is 3. The Hall–Kier alpha value is -1.77. The monoisotopic (exact) mass is 301 g/mol. The number of nitro groups is 1. The van der Waals surface area contributed by atoms with Crippen molar-refractivity contribution in [3.63, 3.8) is 0 Å². The lowest BCUT2D eigenvalue weighted by Gasteiger charge is -2.22. The average Bonchev–Trinajstić information content (AvgIpc) is 2.79. The number of pyridine rings is 1. The number of carbonyl (C=O) groups excluding carboxylic acids is 1. The summed E-state index contributed by atoms with van der Waals surface area (Å²) in [6.45, 7) is -0.258. The second-order valence-electron chi connectivity index (χ2n) is 4.47. The molecule has 0 aliphatic carbocycles. The van der Waals surface area contributed by atoms with Crippen LogP contribution in [-0.4, -0.2) is 56.2 Å². The van der Waals surface area contributed by atoms with Crippen molar-refractivity contribution in [2.75, 3.05) is 13.2 Å². The minimum atomic E-state index is -0.735. The van der Waals surface area contributed by atoms with Gasteiger partial charge in [-0.3, -0.25) is 14.9 Å². The molecule has 0 bridgehead atoms. The molecule has 2 heterocycles. The van der Waals surface area contributed by atoms with Gasteiger partial charge in [-0.1, -0.05) is 11.6 Å². The van der Waals surface area contributed by atoms with Crippen LogP contribution in [0.4, 0.5) is 5.69 Å². The summed E-state index contributed by atoms with van der Waals surface area (Å²) in [6, 6.07) is 0.504. The number of rotatable bonds is 3. The Bertz CT molecular complexity index is 553. The molecule has 108 valence electrons. The van der Waals surface area contributed by atoms with Crippen molar-refractivity contribution in [1.29, 1.82) is 0 Å². The first kappa shape index (κ1) is 14.6. The molecule has 1 aliphatic rings. The number of β-amino-alcohol motifs (C(OH)–C–C–N with tert-alkyl or cyclic N) is 1. The van der Waals surface area contributed by atoms with Crippen LogP contribution in [0.15, 0.2) is 12.3 Å². The van der Waals surface area contributed by atoms with Gasteiger partial charge in [0.2, 0.25) is 0 Å². The van der Waals surface area contributed by atoms with E-state index < -0.39 is 23.0 Å². The predicted octanol–water partition coefficient (Wildman–Crippen LogP) is 0.211. The van der Waals surface area contributed by atoms with Gasteiger partial charge in [0, 0.05) is 12.6 Å². The van der Waals surface area contributed by atoms with Crippen LogP contribution in [0.2, 0.25) is 5.15 Å². The molecular weight excluding hydrogens is 290 g/mol. The topological polar surface area (TPSA) is 117 Å². The van der Waals surface area contributed by atoms with Crippen LogP contribution >= 0.6 is 11.6 Å². The van der Waals surface area contributed by atoms with E-state index in [0.29, 0.717) is 0 Å². The maximum absolute atomic E-state index is 12.3. The van der Waals surface area contributed by atoms with Crippen molar-refractivity contribution < 1.29 is 19.9 Å². The summed E-state index contributed by atoms with van der Waals surface area (Å²) in [7, 11) is 0. The molecule has 1 aliphatic heterocycles. The van der Waals surface area contributed by atoms with Gasteiger partial charge >= 0.3 is 0 Å². The fourth-order valence-corrected chi connectivity index (χ4v) is 2.34. The second kappa shape index (κ2) is 5.70. The first-order valence-corrected chi connectivity index (χ1v) is 6.21. The van der Waals surface area contributed by atoms with Crippen molar-refractivity contribution in [3.8, 4) is 0 Å². The molecule has 0 radical (unpaired) electrons. The lowest BCUT2D eigenvalue weighted by Crippen LogP contribution is -2.38. The zero-order valence-electron chi connectivity index (χ0n) is 10.3. The van der Waals surface area contributed by atoms with E-state index in [1.807, 2.05) is 0 Å². The number of aliphatic hydroxyl groups is 2. The van der Waals surface area contributed by atoms with Crippen LogP contribution in [0.25, 0.3) is 0 Å². The van der Waals surface area contributed by atoms with Crippen LogP contribution in [0.1, 0.15) is 16.8 Å². The molecule has 2 rings (SSSR count). The van der Waals surface area contributed by atoms with E-state index >= 15 is 0 Å². The number of aromatic nitrogens is 1. The highest BCUT2D eigenvalue weighted by atomic mass is 35.5. The average molecular weight is 302 g/mol. The van der Waals surface area contributed by atoms with E-state index in [-0.39, 0.29) is 36.0 Å². The van der Waals surface area contributed by atoms with Crippen LogP contribution < -0.4 is 0 Å². The normalized spacial score (nSPS) is 22.1. The first-order chi connectivity index (χ1) is 9.43. The van der Waals surface area contributed by atoms with Gasteiger partial charge < -0.3 is 15.1 Å². The number of carbonyl (C=O) groups is 1. The SMILES string of the molecule is O=C(c1cc([N+](=O)[O-])cnc1Cl)N1C[C@H](O)C[C@@H]1CO. The Kier molecular flexibility index (Phi) is 4.17. The molecule has 20 heavy (non-hydrogen) atoms. The van der Waals surface area contributed by atoms with Gasteiger partial charge in [0.05, 0.1) is 29.2 Å². The minimum Gasteiger partial charge on any atom is -0.394 e. The lowest BCUT2D eigenvalue weighted by molar-refractivity contribution is -0.385. The van der Waals surface area contributed by atoms with Crippen LogP contribution in [0.5, 0.6) is 0 Å². The Morgan fingerprint density at radius 2 is 2.35 bits per heavy atom. The third-order valence-electron chi connectivity index (χ3n) is 3.13. The highest BCUT2D eigenvalue weighted by Crippen LogP contribution is 2.25. The molecule has 1 amide bonds.